The van der Waals surface area contributed by atoms with Crippen molar-refractivity contribution in [3.05, 3.63) is 63.9 Å². The summed E-state index contributed by atoms with van der Waals surface area (Å²) in [6.45, 7) is 2.21. The molecule has 4 rings (SSSR count). The van der Waals surface area contributed by atoms with Crippen LogP contribution in [-0.2, 0) is 17.4 Å². The minimum absolute atomic E-state index is 0.0185. The summed E-state index contributed by atoms with van der Waals surface area (Å²) in [4.78, 5) is 0. The van der Waals surface area contributed by atoms with Crippen LogP contribution in [-0.4, -0.2) is 10.2 Å². The first-order valence-electron chi connectivity index (χ1n) is 9.38. The quantitative estimate of drug-likeness (QED) is 0.732. The standard InChI is InChI=1S/C22H24ClFO2/c1-2-21-7-8-22(26,16-10-17(23)12-18(24)11-16)13-15(21)4-3-14-9-19(25)5-6-20(14)21/h5-6,9-12,15,25-26H,2-4,7-8,13H2,1H3/t15-,21?,22?/m1/s1. The number of hydrogen-bond donors (Lipinski definition) is 2. The van der Waals surface area contributed by atoms with E-state index in [4.69, 9.17) is 11.6 Å². The molecule has 1 fully saturated rings. The van der Waals surface area contributed by atoms with Gasteiger partial charge in [-0.2, -0.15) is 0 Å². The van der Waals surface area contributed by atoms with Gasteiger partial charge in [0, 0.05) is 5.02 Å². The van der Waals surface area contributed by atoms with Crippen molar-refractivity contribution >= 4 is 11.6 Å². The van der Waals surface area contributed by atoms with Crippen LogP contribution < -0.4 is 0 Å². The molecule has 2 nitrogen and oxygen atoms in total. The Morgan fingerprint density at radius 1 is 1.19 bits per heavy atom. The molecule has 2 aromatic rings. The summed E-state index contributed by atoms with van der Waals surface area (Å²) in [6, 6.07) is 10.1. The van der Waals surface area contributed by atoms with Crippen molar-refractivity contribution in [1.29, 1.82) is 0 Å². The van der Waals surface area contributed by atoms with Gasteiger partial charge >= 0.3 is 0 Å². The molecule has 4 heteroatoms. The fourth-order valence-corrected chi connectivity index (χ4v) is 5.64. The molecule has 138 valence electrons. The van der Waals surface area contributed by atoms with Gasteiger partial charge in [0.15, 0.2) is 0 Å². The van der Waals surface area contributed by atoms with E-state index in [2.05, 4.69) is 13.0 Å². The van der Waals surface area contributed by atoms with Crippen LogP contribution in [0.2, 0.25) is 5.02 Å². The maximum absolute atomic E-state index is 13.8. The molecule has 3 atom stereocenters. The van der Waals surface area contributed by atoms with Crippen LogP contribution >= 0.6 is 11.6 Å². The Balaban J connectivity index is 1.72. The second-order valence-corrected chi connectivity index (χ2v) is 8.42. The molecule has 0 amide bonds. The number of phenols is 1. The van der Waals surface area contributed by atoms with Crippen molar-refractivity contribution in [3.8, 4) is 5.75 Å². The van der Waals surface area contributed by atoms with Crippen molar-refractivity contribution in [2.45, 2.75) is 56.5 Å². The SMILES string of the molecule is CCC12CCC(O)(c3cc(F)cc(Cl)c3)C[C@H]1CCc1cc(O)ccc12. The summed E-state index contributed by atoms with van der Waals surface area (Å²) in [5.74, 6) is 0.234. The number of rotatable bonds is 2. The number of aliphatic hydroxyl groups is 1. The van der Waals surface area contributed by atoms with Gasteiger partial charge in [-0.05, 0) is 96.9 Å². The van der Waals surface area contributed by atoms with Gasteiger partial charge in [-0.3, -0.25) is 0 Å². The van der Waals surface area contributed by atoms with Crippen LogP contribution in [0.4, 0.5) is 4.39 Å². The predicted octanol–water partition coefficient (Wildman–Crippen LogP) is 5.47. The Hall–Kier alpha value is -1.58. The van der Waals surface area contributed by atoms with E-state index in [0.29, 0.717) is 35.1 Å². The normalized spacial score (nSPS) is 30.5. The van der Waals surface area contributed by atoms with Crippen molar-refractivity contribution in [2.24, 2.45) is 5.92 Å². The zero-order valence-corrected chi connectivity index (χ0v) is 15.7. The molecule has 0 aliphatic heterocycles. The maximum atomic E-state index is 13.8. The third-order valence-corrected chi connectivity index (χ3v) is 6.99. The molecule has 2 N–H and O–H groups in total. The third-order valence-electron chi connectivity index (χ3n) is 6.77. The van der Waals surface area contributed by atoms with Gasteiger partial charge in [-0.15, -0.1) is 0 Å². The summed E-state index contributed by atoms with van der Waals surface area (Å²) >= 11 is 6.03. The lowest BCUT2D eigenvalue weighted by Crippen LogP contribution is -2.48. The van der Waals surface area contributed by atoms with Crippen molar-refractivity contribution < 1.29 is 14.6 Å². The Bertz CT molecular complexity index is 832. The van der Waals surface area contributed by atoms with Crippen LogP contribution in [0.15, 0.2) is 36.4 Å². The highest BCUT2D eigenvalue weighted by atomic mass is 35.5. The zero-order valence-electron chi connectivity index (χ0n) is 14.9. The summed E-state index contributed by atoms with van der Waals surface area (Å²) in [7, 11) is 0. The molecule has 0 saturated heterocycles. The highest BCUT2D eigenvalue weighted by Crippen LogP contribution is 2.56. The summed E-state index contributed by atoms with van der Waals surface area (Å²) in [6.07, 6.45) is 4.90. The molecule has 0 aromatic heterocycles. The van der Waals surface area contributed by atoms with Crippen LogP contribution in [0.1, 0.15) is 55.7 Å². The van der Waals surface area contributed by atoms with Crippen LogP contribution in [0.5, 0.6) is 5.75 Å². The number of aryl methyl sites for hydroxylation is 1. The zero-order chi connectivity index (χ0) is 18.5. The molecule has 0 radical (unpaired) electrons. The third kappa shape index (κ3) is 2.73. The van der Waals surface area contributed by atoms with Gasteiger partial charge in [0.2, 0.25) is 0 Å². The molecule has 2 aliphatic rings. The number of fused-ring (bicyclic) bond motifs is 3. The van der Waals surface area contributed by atoms with Crippen LogP contribution in [0.25, 0.3) is 0 Å². The van der Waals surface area contributed by atoms with Gasteiger partial charge in [-0.25, -0.2) is 4.39 Å². The highest BCUT2D eigenvalue weighted by Gasteiger charge is 2.51. The number of hydrogen-bond acceptors (Lipinski definition) is 2. The smallest absolute Gasteiger partial charge is 0.125 e. The van der Waals surface area contributed by atoms with Gasteiger partial charge in [0.1, 0.15) is 11.6 Å². The monoisotopic (exact) mass is 374 g/mol. The Morgan fingerprint density at radius 2 is 2.00 bits per heavy atom. The molecule has 2 aromatic carbocycles. The van der Waals surface area contributed by atoms with Gasteiger partial charge < -0.3 is 10.2 Å². The second kappa shape index (κ2) is 6.24. The Labute approximate surface area is 158 Å². The first-order valence-corrected chi connectivity index (χ1v) is 9.75. The van der Waals surface area contributed by atoms with E-state index in [1.54, 1.807) is 12.1 Å². The molecule has 0 heterocycles. The fraction of sp³-hybridized carbons (Fsp3) is 0.455. The molecule has 2 aliphatic carbocycles. The van der Waals surface area contributed by atoms with E-state index in [-0.39, 0.29) is 5.41 Å². The molecule has 2 unspecified atom stereocenters. The first kappa shape index (κ1) is 17.8. The van der Waals surface area contributed by atoms with Crippen LogP contribution in [0, 0.1) is 11.7 Å². The molecule has 1 saturated carbocycles. The van der Waals surface area contributed by atoms with Gasteiger partial charge in [0.25, 0.3) is 0 Å². The second-order valence-electron chi connectivity index (χ2n) is 7.98. The molecular formula is C22H24ClFO2. The molecule has 0 spiro atoms. The number of halogens is 2. The summed E-state index contributed by atoms with van der Waals surface area (Å²) in [5.41, 5.74) is 2.10. The van der Waals surface area contributed by atoms with Crippen molar-refractivity contribution in [3.63, 3.8) is 0 Å². The van der Waals surface area contributed by atoms with Crippen molar-refractivity contribution in [1.82, 2.24) is 0 Å². The average Bonchev–Trinajstić information content (AvgIpc) is 2.60. The Morgan fingerprint density at radius 3 is 2.73 bits per heavy atom. The first-order chi connectivity index (χ1) is 12.4. The van der Waals surface area contributed by atoms with E-state index >= 15 is 0 Å². The average molecular weight is 375 g/mol. The number of benzene rings is 2. The lowest BCUT2D eigenvalue weighted by atomic mass is 9.53. The van der Waals surface area contributed by atoms with E-state index in [9.17, 15) is 14.6 Å². The molecular weight excluding hydrogens is 351 g/mol. The minimum atomic E-state index is -1.04. The topological polar surface area (TPSA) is 40.5 Å². The maximum Gasteiger partial charge on any atom is 0.125 e. The van der Waals surface area contributed by atoms with E-state index in [0.717, 1.165) is 25.7 Å². The van der Waals surface area contributed by atoms with E-state index in [1.165, 1.54) is 23.3 Å². The lowest BCUT2D eigenvalue weighted by Gasteiger charge is -2.53. The van der Waals surface area contributed by atoms with E-state index in [1.807, 2.05) is 6.07 Å². The predicted molar refractivity (Wildman–Crippen MR) is 101 cm³/mol. The van der Waals surface area contributed by atoms with Crippen molar-refractivity contribution in [2.75, 3.05) is 0 Å². The molecule has 0 bridgehead atoms. The summed E-state index contributed by atoms with van der Waals surface area (Å²) in [5, 5.41) is 21.5. The number of phenolic OH excluding ortho intramolecular Hbond substituents is 1. The highest BCUT2D eigenvalue weighted by molar-refractivity contribution is 6.30. The number of aromatic hydroxyl groups is 1. The van der Waals surface area contributed by atoms with E-state index < -0.39 is 11.4 Å². The minimum Gasteiger partial charge on any atom is -0.508 e. The van der Waals surface area contributed by atoms with Gasteiger partial charge in [-0.1, -0.05) is 24.6 Å². The molecule has 26 heavy (non-hydrogen) atoms. The van der Waals surface area contributed by atoms with Crippen LogP contribution in [0.3, 0.4) is 0 Å². The lowest BCUT2D eigenvalue weighted by molar-refractivity contribution is -0.0568. The fourth-order valence-electron chi connectivity index (χ4n) is 5.41. The Kier molecular flexibility index (Phi) is 4.28. The summed E-state index contributed by atoms with van der Waals surface area (Å²) < 4.78 is 13.8. The largest absolute Gasteiger partial charge is 0.508 e. The van der Waals surface area contributed by atoms with Gasteiger partial charge in [0.05, 0.1) is 5.60 Å².